The molecule has 3 N–H and O–H groups in total. The maximum atomic E-state index is 12.9. The smallest absolute Gasteiger partial charge is 0.328 e. The lowest BCUT2D eigenvalue weighted by molar-refractivity contribution is -0.149. The molecular weight excluding hydrogens is 560 g/mol. The van der Waals surface area contributed by atoms with E-state index in [1.54, 1.807) is 7.05 Å². The van der Waals surface area contributed by atoms with Gasteiger partial charge in [-0.25, -0.2) is 4.79 Å². The van der Waals surface area contributed by atoms with Crippen molar-refractivity contribution in [1.29, 1.82) is 0 Å². The summed E-state index contributed by atoms with van der Waals surface area (Å²) in [7, 11) is 1.71. The normalized spacial score (nSPS) is 12.9. The molecule has 228 valence electrons. The summed E-state index contributed by atoms with van der Waals surface area (Å²) in [6.45, 7) is 1.61. The van der Waals surface area contributed by atoms with Gasteiger partial charge in [0.25, 0.3) is 0 Å². The molecule has 0 aromatic heterocycles. The number of Topliss-reactive ketones (excluding diaryl/α,β-unsaturated/α-hetero) is 1. The third kappa shape index (κ3) is 13.8. The minimum atomic E-state index is -0.983. The van der Waals surface area contributed by atoms with Crippen molar-refractivity contribution >= 4 is 41.4 Å². The molecule has 1 amide bonds. The van der Waals surface area contributed by atoms with Gasteiger partial charge in [0, 0.05) is 18.6 Å². The van der Waals surface area contributed by atoms with Gasteiger partial charge >= 0.3 is 17.9 Å². The van der Waals surface area contributed by atoms with Gasteiger partial charge in [-0.15, -0.1) is 11.8 Å². The lowest BCUT2D eigenvalue weighted by Crippen LogP contribution is -2.44. The van der Waals surface area contributed by atoms with Crippen LogP contribution in [0.15, 0.2) is 60.7 Å². The summed E-state index contributed by atoms with van der Waals surface area (Å²) in [4.78, 5) is 60.9. The molecule has 0 bridgehead atoms. The number of ketones is 1. The van der Waals surface area contributed by atoms with Crippen molar-refractivity contribution in [3.8, 4) is 0 Å². The van der Waals surface area contributed by atoms with E-state index < -0.39 is 35.2 Å². The standard InChI is InChI=1S/C31H40N2O8S/c1-22(34)27(42-18-15-29(36)37)21-28(35)33-26(20-24-13-7-4-8-14-24)31(39)41-17-10-9-16-40-30(38)25(32-2)19-23-11-5-3-6-12-23/h3-8,11-14,25-27,32H,9-10,15-21H2,1-2H3,(H,33,35)(H,36,37). The van der Waals surface area contributed by atoms with E-state index in [-0.39, 0.29) is 50.0 Å². The third-order valence-corrected chi connectivity index (χ3v) is 7.65. The number of ether oxygens (including phenoxy) is 2. The van der Waals surface area contributed by atoms with E-state index >= 15 is 0 Å². The van der Waals surface area contributed by atoms with E-state index in [2.05, 4.69) is 10.6 Å². The Hall–Kier alpha value is -3.70. The zero-order valence-corrected chi connectivity index (χ0v) is 24.9. The van der Waals surface area contributed by atoms with Crippen LogP contribution >= 0.6 is 11.8 Å². The molecule has 0 fully saturated rings. The minimum absolute atomic E-state index is 0.0815. The Morgan fingerprint density at radius 2 is 1.31 bits per heavy atom. The van der Waals surface area contributed by atoms with Crippen LogP contribution in [0.4, 0.5) is 0 Å². The number of benzene rings is 2. The molecule has 0 heterocycles. The molecule has 0 aliphatic carbocycles. The number of carbonyl (C=O) groups excluding carboxylic acids is 4. The number of esters is 2. The van der Waals surface area contributed by atoms with E-state index in [0.29, 0.717) is 19.3 Å². The summed E-state index contributed by atoms with van der Waals surface area (Å²) >= 11 is 1.11. The molecule has 0 aliphatic rings. The van der Waals surface area contributed by atoms with E-state index in [4.69, 9.17) is 14.6 Å². The van der Waals surface area contributed by atoms with E-state index in [9.17, 15) is 24.0 Å². The Morgan fingerprint density at radius 3 is 1.79 bits per heavy atom. The maximum absolute atomic E-state index is 12.9. The topological polar surface area (TPSA) is 148 Å². The molecule has 2 rings (SSSR count). The summed E-state index contributed by atoms with van der Waals surface area (Å²) in [5.41, 5.74) is 1.84. The Morgan fingerprint density at radius 1 is 0.810 bits per heavy atom. The van der Waals surface area contributed by atoms with Crippen molar-refractivity contribution in [3.05, 3.63) is 71.8 Å². The van der Waals surface area contributed by atoms with Crippen LogP contribution in [0, 0.1) is 0 Å². The van der Waals surface area contributed by atoms with Crippen LogP contribution in [0.1, 0.15) is 43.7 Å². The summed E-state index contributed by atoms with van der Waals surface area (Å²) < 4.78 is 10.8. The largest absolute Gasteiger partial charge is 0.481 e. The molecule has 0 aliphatic heterocycles. The number of hydrogen-bond acceptors (Lipinski definition) is 9. The predicted octanol–water partition coefficient (Wildman–Crippen LogP) is 2.97. The molecular formula is C31H40N2O8S. The number of carboxylic acids is 1. The van der Waals surface area contributed by atoms with Crippen molar-refractivity contribution in [2.24, 2.45) is 0 Å². The highest BCUT2D eigenvalue weighted by atomic mass is 32.2. The van der Waals surface area contributed by atoms with Crippen molar-refractivity contribution in [3.63, 3.8) is 0 Å². The first-order chi connectivity index (χ1) is 20.2. The van der Waals surface area contributed by atoms with Crippen molar-refractivity contribution in [2.45, 2.75) is 62.8 Å². The Kier molecular flexibility index (Phi) is 16.0. The minimum Gasteiger partial charge on any atom is -0.481 e. The lowest BCUT2D eigenvalue weighted by Gasteiger charge is -2.20. The van der Waals surface area contributed by atoms with Crippen LogP contribution < -0.4 is 10.6 Å². The Labute approximate surface area is 250 Å². The molecule has 10 nitrogen and oxygen atoms in total. The quantitative estimate of drug-likeness (QED) is 0.153. The molecule has 42 heavy (non-hydrogen) atoms. The fraction of sp³-hybridized carbons (Fsp3) is 0.452. The van der Waals surface area contributed by atoms with Gasteiger partial charge in [-0.05, 0) is 44.4 Å². The molecule has 0 spiro atoms. The fourth-order valence-electron chi connectivity index (χ4n) is 3.98. The van der Waals surface area contributed by atoms with Gasteiger partial charge < -0.3 is 25.2 Å². The number of thioether (sulfide) groups is 1. The third-order valence-electron chi connectivity index (χ3n) is 6.30. The first kappa shape index (κ1) is 34.5. The highest BCUT2D eigenvalue weighted by molar-refractivity contribution is 8.00. The molecule has 0 saturated carbocycles. The Bertz CT molecular complexity index is 1150. The van der Waals surface area contributed by atoms with Crippen LogP contribution in [-0.2, 0) is 46.3 Å². The van der Waals surface area contributed by atoms with Gasteiger partial charge in [0.2, 0.25) is 5.91 Å². The van der Waals surface area contributed by atoms with Gasteiger partial charge in [-0.3, -0.25) is 19.2 Å². The second kappa shape index (κ2) is 19.4. The molecule has 11 heteroatoms. The summed E-state index contributed by atoms with van der Waals surface area (Å²) in [5, 5.41) is 13.8. The Balaban J connectivity index is 1.83. The van der Waals surface area contributed by atoms with Gasteiger partial charge in [0.05, 0.1) is 24.9 Å². The van der Waals surface area contributed by atoms with Crippen LogP contribution in [0.2, 0.25) is 0 Å². The van der Waals surface area contributed by atoms with E-state index in [1.807, 2.05) is 60.7 Å². The van der Waals surface area contributed by atoms with Gasteiger partial charge in [0.1, 0.15) is 17.9 Å². The van der Waals surface area contributed by atoms with Crippen molar-refractivity contribution in [2.75, 3.05) is 26.0 Å². The molecule has 3 atom stereocenters. The van der Waals surface area contributed by atoms with E-state index in [1.165, 1.54) is 6.92 Å². The van der Waals surface area contributed by atoms with Gasteiger partial charge in [0.15, 0.2) is 0 Å². The number of carbonyl (C=O) groups is 5. The van der Waals surface area contributed by atoms with E-state index in [0.717, 1.165) is 22.9 Å². The summed E-state index contributed by atoms with van der Waals surface area (Å²) in [6, 6.07) is 17.4. The highest BCUT2D eigenvalue weighted by Crippen LogP contribution is 2.17. The molecule has 2 aromatic rings. The molecule has 2 aromatic carbocycles. The zero-order valence-electron chi connectivity index (χ0n) is 24.1. The number of rotatable bonds is 20. The van der Waals surface area contributed by atoms with Crippen LogP contribution in [0.25, 0.3) is 0 Å². The maximum Gasteiger partial charge on any atom is 0.328 e. The number of hydrogen-bond donors (Lipinski definition) is 3. The second-order valence-corrected chi connectivity index (χ2v) is 11.0. The lowest BCUT2D eigenvalue weighted by atomic mass is 10.1. The van der Waals surface area contributed by atoms with Crippen molar-refractivity contribution < 1.29 is 38.6 Å². The highest BCUT2D eigenvalue weighted by Gasteiger charge is 2.26. The van der Waals surface area contributed by atoms with Crippen LogP contribution in [-0.4, -0.2) is 78.1 Å². The fourth-order valence-corrected chi connectivity index (χ4v) is 5.06. The summed E-state index contributed by atoms with van der Waals surface area (Å²) in [6.07, 6.45) is 1.36. The number of nitrogens with one attached hydrogen (secondary N) is 2. The van der Waals surface area contributed by atoms with Gasteiger partial charge in [-0.2, -0.15) is 0 Å². The number of likely N-dealkylation sites (N-methyl/N-ethyl adjacent to an activating group) is 1. The average molecular weight is 601 g/mol. The van der Waals surface area contributed by atoms with Crippen molar-refractivity contribution in [1.82, 2.24) is 10.6 Å². The predicted molar refractivity (Wildman–Crippen MR) is 160 cm³/mol. The first-order valence-electron chi connectivity index (χ1n) is 13.9. The average Bonchev–Trinajstić information content (AvgIpc) is 2.97. The number of aliphatic carboxylic acids is 1. The monoisotopic (exact) mass is 600 g/mol. The first-order valence-corrected chi connectivity index (χ1v) is 15.0. The number of amides is 1. The molecule has 0 radical (unpaired) electrons. The number of unbranched alkanes of at least 4 members (excludes halogenated alkanes) is 1. The summed E-state index contributed by atoms with van der Waals surface area (Å²) in [5.74, 6) is -2.50. The van der Waals surface area contributed by atoms with Gasteiger partial charge in [-0.1, -0.05) is 60.7 Å². The molecule has 0 saturated heterocycles. The van der Waals surface area contributed by atoms with Crippen LogP contribution in [0.3, 0.4) is 0 Å². The van der Waals surface area contributed by atoms with Crippen LogP contribution in [0.5, 0.6) is 0 Å². The zero-order chi connectivity index (χ0) is 30.7. The molecule has 3 unspecified atom stereocenters. The second-order valence-electron chi connectivity index (χ2n) is 9.70. The number of carboxylic acid groups (broad SMARTS) is 1. The SMILES string of the molecule is CNC(Cc1ccccc1)C(=O)OCCCCOC(=O)C(Cc1ccccc1)NC(=O)CC(SCCC(=O)O)C(C)=O.